The summed E-state index contributed by atoms with van der Waals surface area (Å²) < 4.78 is 1.20. The smallest absolute Gasteiger partial charge is 0.299 e. The van der Waals surface area contributed by atoms with Crippen molar-refractivity contribution in [2.45, 2.75) is 12.2 Å². The molecule has 0 saturated carbocycles. The van der Waals surface area contributed by atoms with Crippen molar-refractivity contribution in [1.29, 1.82) is 0 Å². The molecule has 0 amide bonds. The lowest BCUT2D eigenvalue weighted by molar-refractivity contribution is -0.0171. The molecular weight excluding hydrogens is 336 g/mol. The van der Waals surface area contributed by atoms with Gasteiger partial charge in [-0.25, -0.2) is 4.68 Å². The van der Waals surface area contributed by atoms with Gasteiger partial charge in [-0.3, -0.25) is 9.89 Å². The van der Waals surface area contributed by atoms with Gasteiger partial charge >= 0.3 is 0 Å². The standard InChI is InChI=1S/C18H18N4O4/c23-11-14(24)17(25)15-16(20-19-12-7-3-1-4-8-12)18(26)22(21-15)13-9-5-2-6-10-13/h1-10,14,17,21,23-25H,11H2/t14-,17+/m0/s1. The number of benzene rings is 2. The van der Waals surface area contributed by atoms with Crippen molar-refractivity contribution in [1.82, 2.24) is 9.78 Å². The van der Waals surface area contributed by atoms with E-state index in [-0.39, 0.29) is 11.4 Å². The third-order valence-corrected chi connectivity index (χ3v) is 3.78. The maximum absolute atomic E-state index is 12.7. The van der Waals surface area contributed by atoms with Crippen LogP contribution in [0.5, 0.6) is 0 Å². The third kappa shape index (κ3) is 3.62. The van der Waals surface area contributed by atoms with E-state index >= 15 is 0 Å². The Morgan fingerprint density at radius 3 is 2.19 bits per heavy atom. The molecule has 134 valence electrons. The molecule has 0 aliphatic heterocycles. The highest BCUT2D eigenvalue weighted by Gasteiger charge is 2.26. The highest BCUT2D eigenvalue weighted by atomic mass is 16.4. The van der Waals surface area contributed by atoms with Gasteiger partial charge in [-0.2, -0.15) is 5.11 Å². The van der Waals surface area contributed by atoms with Crippen molar-refractivity contribution in [3.63, 3.8) is 0 Å². The van der Waals surface area contributed by atoms with Gasteiger partial charge in [0.05, 0.1) is 23.7 Å². The van der Waals surface area contributed by atoms with Gasteiger partial charge in [0.15, 0.2) is 5.69 Å². The van der Waals surface area contributed by atoms with Crippen molar-refractivity contribution < 1.29 is 15.3 Å². The summed E-state index contributed by atoms with van der Waals surface area (Å²) in [4.78, 5) is 12.7. The zero-order chi connectivity index (χ0) is 18.5. The minimum atomic E-state index is -1.53. The average Bonchev–Trinajstić information content (AvgIpc) is 3.03. The van der Waals surface area contributed by atoms with E-state index < -0.39 is 24.4 Å². The molecule has 2 atom stereocenters. The second-order valence-electron chi connectivity index (χ2n) is 5.58. The minimum Gasteiger partial charge on any atom is -0.394 e. The summed E-state index contributed by atoms with van der Waals surface area (Å²) in [6, 6.07) is 17.5. The summed E-state index contributed by atoms with van der Waals surface area (Å²) in [5.74, 6) is 0. The van der Waals surface area contributed by atoms with E-state index in [0.29, 0.717) is 11.4 Å². The second kappa shape index (κ2) is 7.87. The SMILES string of the molecule is O=c1c(N=Nc2ccccc2)c([C@H](O)[C@@H](O)CO)[nH]n1-c1ccccc1. The second-order valence-corrected chi connectivity index (χ2v) is 5.58. The molecule has 3 rings (SSSR count). The summed E-state index contributed by atoms with van der Waals surface area (Å²) in [5, 5.41) is 39.8. The zero-order valence-electron chi connectivity index (χ0n) is 13.7. The largest absolute Gasteiger partial charge is 0.394 e. The number of H-pyrrole nitrogens is 1. The third-order valence-electron chi connectivity index (χ3n) is 3.78. The number of hydrogen-bond acceptors (Lipinski definition) is 6. The molecule has 4 N–H and O–H groups in total. The number of azo groups is 1. The van der Waals surface area contributed by atoms with Crippen LogP contribution in [0, 0.1) is 0 Å². The molecular formula is C18H18N4O4. The molecule has 0 radical (unpaired) electrons. The number of nitrogens with zero attached hydrogens (tertiary/aromatic N) is 3. The van der Waals surface area contributed by atoms with Crippen LogP contribution in [0.3, 0.4) is 0 Å². The van der Waals surface area contributed by atoms with Gasteiger partial charge < -0.3 is 15.3 Å². The number of hydrogen-bond donors (Lipinski definition) is 4. The molecule has 3 aromatic rings. The summed E-state index contributed by atoms with van der Waals surface area (Å²) in [6.45, 7) is -0.672. The molecule has 0 saturated heterocycles. The Hall–Kier alpha value is -3.07. The first-order valence-corrected chi connectivity index (χ1v) is 7.96. The van der Waals surface area contributed by atoms with Crippen molar-refractivity contribution in [3.05, 3.63) is 76.7 Å². The van der Waals surface area contributed by atoms with E-state index in [1.807, 2.05) is 6.07 Å². The topological polar surface area (TPSA) is 123 Å². The van der Waals surface area contributed by atoms with Crippen molar-refractivity contribution >= 4 is 11.4 Å². The van der Waals surface area contributed by atoms with Gasteiger partial charge in [-0.05, 0) is 24.3 Å². The molecule has 0 aliphatic carbocycles. The Morgan fingerprint density at radius 1 is 0.962 bits per heavy atom. The predicted molar refractivity (Wildman–Crippen MR) is 95.1 cm³/mol. The number of aliphatic hydroxyl groups is 3. The Kier molecular flexibility index (Phi) is 5.37. The van der Waals surface area contributed by atoms with E-state index in [1.165, 1.54) is 4.68 Å². The van der Waals surface area contributed by atoms with Crippen LogP contribution in [0.1, 0.15) is 11.8 Å². The van der Waals surface area contributed by atoms with Gasteiger partial charge in [-0.15, -0.1) is 5.11 Å². The molecule has 8 heteroatoms. The number of aliphatic hydroxyl groups excluding tert-OH is 3. The number of rotatable bonds is 6. The van der Waals surface area contributed by atoms with E-state index in [4.69, 9.17) is 5.11 Å². The Bertz CT molecular complexity index is 935. The van der Waals surface area contributed by atoms with Crippen LogP contribution < -0.4 is 5.56 Å². The fraction of sp³-hybridized carbons (Fsp3) is 0.167. The monoisotopic (exact) mass is 354 g/mol. The molecule has 0 unspecified atom stereocenters. The number of nitrogens with one attached hydrogen (secondary N) is 1. The zero-order valence-corrected chi connectivity index (χ0v) is 13.7. The first kappa shape index (κ1) is 17.7. The molecule has 0 fully saturated rings. The van der Waals surface area contributed by atoms with Gasteiger partial charge in [0.1, 0.15) is 12.2 Å². The van der Waals surface area contributed by atoms with Crippen LogP contribution >= 0.6 is 0 Å². The lowest BCUT2D eigenvalue weighted by Gasteiger charge is -2.14. The lowest BCUT2D eigenvalue weighted by atomic mass is 10.1. The maximum atomic E-state index is 12.7. The molecule has 8 nitrogen and oxygen atoms in total. The lowest BCUT2D eigenvalue weighted by Crippen LogP contribution is -2.22. The number of para-hydroxylation sites is 1. The van der Waals surface area contributed by atoms with Crippen LogP contribution in [0.4, 0.5) is 11.4 Å². The number of aromatic amines is 1. The summed E-state index contributed by atoms with van der Waals surface area (Å²) in [6.07, 6.45) is -3.00. The van der Waals surface area contributed by atoms with Gasteiger partial charge in [0.2, 0.25) is 0 Å². The van der Waals surface area contributed by atoms with E-state index in [0.717, 1.165) is 0 Å². The average molecular weight is 354 g/mol. The summed E-state index contributed by atoms with van der Waals surface area (Å²) in [7, 11) is 0. The van der Waals surface area contributed by atoms with Crippen molar-refractivity contribution in [2.75, 3.05) is 6.61 Å². The predicted octanol–water partition coefficient (Wildman–Crippen LogP) is 1.97. The van der Waals surface area contributed by atoms with E-state index in [9.17, 15) is 15.0 Å². The van der Waals surface area contributed by atoms with Crippen LogP contribution in [0.2, 0.25) is 0 Å². The van der Waals surface area contributed by atoms with Crippen LogP contribution in [-0.2, 0) is 0 Å². The van der Waals surface area contributed by atoms with Crippen molar-refractivity contribution in [3.8, 4) is 5.69 Å². The Morgan fingerprint density at radius 2 is 1.58 bits per heavy atom. The van der Waals surface area contributed by atoms with Gasteiger partial charge in [-0.1, -0.05) is 36.4 Å². The Labute approximate surface area is 148 Å². The van der Waals surface area contributed by atoms with Crippen LogP contribution in [0.25, 0.3) is 5.69 Å². The summed E-state index contributed by atoms with van der Waals surface area (Å²) in [5.41, 5.74) is 0.362. The van der Waals surface area contributed by atoms with Crippen LogP contribution in [-0.4, -0.2) is 37.8 Å². The Balaban J connectivity index is 2.10. The van der Waals surface area contributed by atoms with Crippen LogP contribution in [0.15, 0.2) is 75.7 Å². The van der Waals surface area contributed by atoms with Gasteiger partial charge in [0, 0.05) is 0 Å². The first-order chi connectivity index (χ1) is 12.6. The molecule has 0 bridgehead atoms. The fourth-order valence-electron chi connectivity index (χ4n) is 2.40. The highest BCUT2D eigenvalue weighted by Crippen LogP contribution is 2.26. The maximum Gasteiger partial charge on any atom is 0.299 e. The fourth-order valence-corrected chi connectivity index (χ4v) is 2.40. The molecule has 0 aliphatic rings. The summed E-state index contributed by atoms with van der Waals surface area (Å²) >= 11 is 0. The molecule has 0 spiro atoms. The number of aromatic nitrogens is 2. The molecule has 2 aromatic carbocycles. The molecule has 1 aromatic heterocycles. The van der Waals surface area contributed by atoms with Gasteiger partial charge in [0.25, 0.3) is 5.56 Å². The van der Waals surface area contributed by atoms with E-state index in [1.54, 1.807) is 54.6 Å². The quantitative estimate of drug-likeness (QED) is 0.505. The van der Waals surface area contributed by atoms with E-state index in [2.05, 4.69) is 15.3 Å². The highest BCUT2D eigenvalue weighted by molar-refractivity contribution is 5.46. The van der Waals surface area contributed by atoms with Crippen molar-refractivity contribution in [2.24, 2.45) is 10.2 Å². The molecule has 1 heterocycles. The molecule has 26 heavy (non-hydrogen) atoms. The first-order valence-electron chi connectivity index (χ1n) is 7.96. The normalized spacial score (nSPS) is 13.8. The minimum absolute atomic E-state index is 0.0277.